The lowest BCUT2D eigenvalue weighted by molar-refractivity contribution is -0.120. The Morgan fingerprint density at radius 2 is 1.95 bits per heavy atom. The molecule has 0 aliphatic carbocycles. The highest BCUT2D eigenvalue weighted by Crippen LogP contribution is 2.11. The van der Waals surface area contributed by atoms with Crippen LogP contribution < -0.4 is 5.32 Å². The van der Waals surface area contributed by atoms with Crippen molar-refractivity contribution >= 4 is 5.91 Å². The Bertz CT molecular complexity index is 437. The zero-order valence-corrected chi connectivity index (χ0v) is 13.1. The third-order valence-corrected chi connectivity index (χ3v) is 4.10. The molecule has 4 heteroatoms. The number of ether oxygens (including phenoxy) is 1. The van der Waals surface area contributed by atoms with Crippen LogP contribution in [0.4, 0.5) is 0 Å². The molecule has 1 aromatic rings. The first-order valence-electron chi connectivity index (χ1n) is 7.75. The molecule has 1 aliphatic rings. The molecule has 0 unspecified atom stereocenters. The van der Waals surface area contributed by atoms with Gasteiger partial charge in [-0.05, 0) is 25.3 Å². The van der Waals surface area contributed by atoms with E-state index in [2.05, 4.69) is 17.1 Å². The summed E-state index contributed by atoms with van der Waals surface area (Å²) in [6.45, 7) is 5.83. The molecule has 0 bridgehead atoms. The van der Waals surface area contributed by atoms with Gasteiger partial charge < -0.3 is 15.0 Å². The maximum atomic E-state index is 11.9. The van der Waals surface area contributed by atoms with Crippen LogP contribution in [0, 0.1) is 6.92 Å². The summed E-state index contributed by atoms with van der Waals surface area (Å²) < 4.78 is 5.36. The molecule has 1 N–H and O–H groups in total. The molecule has 0 atom stereocenters. The van der Waals surface area contributed by atoms with E-state index in [4.69, 9.17) is 4.74 Å². The van der Waals surface area contributed by atoms with Gasteiger partial charge >= 0.3 is 0 Å². The second kappa shape index (κ2) is 8.15. The summed E-state index contributed by atoms with van der Waals surface area (Å²) in [5.41, 5.74) is 2.29. The minimum Gasteiger partial charge on any atom is -0.381 e. The minimum absolute atomic E-state index is 0.102. The van der Waals surface area contributed by atoms with E-state index in [1.807, 2.05) is 24.3 Å². The van der Waals surface area contributed by atoms with Crippen LogP contribution in [0.2, 0.25) is 0 Å². The van der Waals surface area contributed by atoms with Crippen LogP contribution in [-0.2, 0) is 16.0 Å². The lowest BCUT2D eigenvalue weighted by Gasteiger charge is -2.31. The second-order valence-corrected chi connectivity index (χ2v) is 5.79. The predicted octanol–water partition coefficient (Wildman–Crippen LogP) is 1.76. The van der Waals surface area contributed by atoms with Crippen LogP contribution in [0.15, 0.2) is 24.3 Å². The number of methoxy groups -OCH3 is 1. The summed E-state index contributed by atoms with van der Waals surface area (Å²) in [6.07, 6.45) is 3.06. The van der Waals surface area contributed by atoms with Gasteiger partial charge in [-0.1, -0.05) is 29.8 Å². The third-order valence-electron chi connectivity index (χ3n) is 4.10. The zero-order chi connectivity index (χ0) is 15.1. The van der Waals surface area contributed by atoms with E-state index in [9.17, 15) is 4.79 Å². The van der Waals surface area contributed by atoms with Crippen molar-refractivity contribution in [2.75, 3.05) is 33.3 Å². The number of nitrogens with zero attached hydrogens (tertiary/aromatic N) is 1. The van der Waals surface area contributed by atoms with Gasteiger partial charge in [0.1, 0.15) is 0 Å². The zero-order valence-electron chi connectivity index (χ0n) is 13.1. The average molecular weight is 290 g/mol. The molecule has 0 spiro atoms. The fourth-order valence-corrected chi connectivity index (χ4v) is 2.68. The minimum atomic E-state index is 0.102. The second-order valence-electron chi connectivity index (χ2n) is 5.79. The van der Waals surface area contributed by atoms with Crippen molar-refractivity contribution in [2.24, 2.45) is 0 Å². The van der Waals surface area contributed by atoms with Crippen molar-refractivity contribution in [2.45, 2.75) is 32.3 Å². The fourth-order valence-electron chi connectivity index (χ4n) is 2.68. The number of amides is 1. The summed E-state index contributed by atoms with van der Waals surface area (Å²) >= 11 is 0. The Kier molecular flexibility index (Phi) is 6.21. The molecule has 116 valence electrons. The number of hydrogen-bond donors (Lipinski definition) is 1. The summed E-state index contributed by atoms with van der Waals surface area (Å²) in [5.74, 6) is 0.102. The van der Waals surface area contributed by atoms with E-state index in [-0.39, 0.29) is 5.91 Å². The monoisotopic (exact) mass is 290 g/mol. The first kappa shape index (κ1) is 16.0. The molecule has 21 heavy (non-hydrogen) atoms. The lowest BCUT2D eigenvalue weighted by Crippen LogP contribution is -2.41. The fraction of sp³-hybridized carbons (Fsp3) is 0.588. The van der Waals surface area contributed by atoms with E-state index in [1.165, 1.54) is 5.56 Å². The molecule has 1 amide bonds. The summed E-state index contributed by atoms with van der Waals surface area (Å²) in [5, 5.41) is 3.01. The molecule has 1 fully saturated rings. The number of aryl methyl sites for hydroxylation is 1. The third kappa shape index (κ3) is 5.48. The number of carbonyl (C=O) groups is 1. The lowest BCUT2D eigenvalue weighted by atomic mass is 10.1. The van der Waals surface area contributed by atoms with Crippen LogP contribution in [0.1, 0.15) is 24.0 Å². The Labute approximate surface area is 127 Å². The Balaban J connectivity index is 1.62. The van der Waals surface area contributed by atoms with Gasteiger partial charge in [0.15, 0.2) is 0 Å². The maximum Gasteiger partial charge on any atom is 0.224 e. The molecule has 0 saturated carbocycles. The molecule has 2 rings (SSSR count). The number of piperidine rings is 1. The van der Waals surface area contributed by atoms with E-state index in [1.54, 1.807) is 7.11 Å². The highest BCUT2D eigenvalue weighted by atomic mass is 16.5. The van der Waals surface area contributed by atoms with Crippen molar-refractivity contribution in [3.8, 4) is 0 Å². The molecule has 1 aromatic carbocycles. The standard InChI is InChI=1S/C17H26N2O2/c1-14-3-5-15(6-4-14)13-17(20)18-9-12-19-10-7-16(21-2)8-11-19/h3-6,16H,7-13H2,1-2H3,(H,18,20). The van der Waals surface area contributed by atoms with Crippen molar-refractivity contribution in [3.05, 3.63) is 35.4 Å². The van der Waals surface area contributed by atoms with E-state index >= 15 is 0 Å². The van der Waals surface area contributed by atoms with E-state index < -0.39 is 0 Å². The molecule has 0 radical (unpaired) electrons. The van der Waals surface area contributed by atoms with Gasteiger partial charge in [-0.15, -0.1) is 0 Å². The Hall–Kier alpha value is -1.39. The van der Waals surface area contributed by atoms with Crippen LogP contribution in [-0.4, -0.2) is 50.2 Å². The van der Waals surface area contributed by atoms with Gasteiger partial charge in [-0.2, -0.15) is 0 Å². The molecular weight excluding hydrogens is 264 g/mol. The Morgan fingerprint density at radius 3 is 2.57 bits per heavy atom. The first-order chi connectivity index (χ1) is 10.2. The predicted molar refractivity (Wildman–Crippen MR) is 84.4 cm³/mol. The molecule has 4 nitrogen and oxygen atoms in total. The quantitative estimate of drug-likeness (QED) is 0.868. The summed E-state index contributed by atoms with van der Waals surface area (Å²) in [4.78, 5) is 14.3. The van der Waals surface area contributed by atoms with Crippen LogP contribution in [0.25, 0.3) is 0 Å². The van der Waals surface area contributed by atoms with Gasteiger partial charge in [0, 0.05) is 33.3 Å². The maximum absolute atomic E-state index is 11.9. The molecule has 1 saturated heterocycles. The number of nitrogens with one attached hydrogen (secondary N) is 1. The van der Waals surface area contributed by atoms with Gasteiger partial charge in [0.2, 0.25) is 5.91 Å². The number of rotatable bonds is 6. The van der Waals surface area contributed by atoms with Crippen LogP contribution >= 0.6 is 0 Å². The van der Waals surface area contributed by atoms with Gasteiger partial charge in [0.25, 0.3) is 0 Å². The van der Waals surface area contributed by atoms with Gasteiger partial charge in [-0.25, -0.2) is 0 Å². The van der Waals surface area contributed by atoms with Crippen molar-refractivity contribution < 1.29 is 9.53 Å². The van der Waals surface area contributed by atoms with Crippen molar-refractivity contribution in [1.82, 2.24) is 10.2 Å². The van der Waals surface area contributed by atoms with E-state index in [0.717, 1.165) is 44.6 Å². The average Bonchev–Trinajstić information content (AvgIpc) is 2.50. The summed E-state index contributed by atoms with van der Waals surface area (Å²) in [7, 11) is 1.78. The number of carbonyl (C=O) groups excluding carboxylic acids is 1. The van der Waals surface area contributed by atoms with Crippen molar-refractivity contribution in [3.63, 3.8) is 0 Å². The summed E-state index contributed by atoms with van der Waals surface area (Å²) in [6, 6.07) is 8.13. The van der Waals surface area contributed by atoms with Crippen LogP contribution in [0.5, 0.6) is 0 Å². The Morgan fingerprint density at radius 1 is 1.29 bits per heavy atom. The largest absolute Gasteiger partial charge is 0.381 e. The smallest absolute Gasteiger partial charge is 0.224 e. The normalized spacial score (nSPS) is 16.9. The van der Waals surface area contributed by atoms with Crippen LogP contribution in [0.3, 0.4) is 0 Å². The topological polar surface area (TPSA) is 41.6 Å². The van der Waals surface area contributed by atoms with Gasteiger partial charge in [-0.3, -0.25) is 4.79 Å². The number of hydrogen-bond acceptors (Lipinski definition) is 3. The number of benzene rings is 1. The first-order valence-corrected chi connectivity index (χ1v) is 7.75. The molecular formula is C17H26N2O2. The van der Waals surface area contributed by atoms with E-state index in [0.29, 0.717) is 12.5 Å². The SMILES string of the molecule is COC1CCN(CCNC(=O)Cc2ccc(C)cc2)CC1. The number of likely N-dealkylation sites (tertiary alicyclic amines) is 1. The highest BCUT2D eigenvalue weighted by molar-refractivity contribution is 5.78. The molecule has 1 heterocycles. The molecule has 1 aliphatic heterocycles. The molecule has 0 aromatic heterocycles. The van der Waals surface area contributed by atoms with Gasteiger partial charge in [0.05, 0.1) is 12.5 Å². The van der Waals surface area contributed by atoms with Crippen molar-refractivity contribution in [1.29, 1.82) is 0 Å². The highest BCUT2D eigenvalue weighted by Gasteiger charge is 2.18.